The van der Waals surface area contributed by atoms with Crippen LogP contribution in [0.5, 0.6) is 0 Å². The molecule has 0 aliphatic heterocycles. The lowest BCUT2D eigenvalue weighted by atomic mass is 9.96. The summed E-state index contributed by atoms with van der Waals surface area (Å²) in [6.45, 7) is 6.03. The van der Waals surface area contributed by atoms with Gasteiger partial charge in [0.2, 0.25) is 5.91 Å². The number of hydrogen-bond donors (Lipinski definition) is 3. The van der Waals surface area contributed by atoms with E-state index in [4.69, 9.17) is 0 Å². The molecule has 0 bridgehead atoms. The van der Waals surface area contributed by atoms with E-state index in [1.807, 2.05) is 38.2 Å². The summed E-state index contributed by atoms with van der Waals surface area (Å²) >= 11 is 0. The number of para-hydroxylation sites is 1. The summed E-state index contributed by atoms with van der Waals surface area (Å²) in [4.78, 5) is 15.6. The third-order valence-corrected chi connectivity index (χ3v) is 4.50. The fraction of sp³-hybridized carbons (Fsp3) is 0.500. The molecular weight excluding hydrogens is 276 g/mol. The van der Waals surface area contributed by atoms with Crippen molar-refractivity contribution < 1.29 is 9.90 Å². The summed E-state index contributed by atoms with van der Waals surface area (Å²) in [5.74, 6) is 0.149. The fourth-order valence-corrected chi connectivity index (χ4v) is 2.70. The first kappa shape index (κ1) is 16.6. The summed E-state index contributed by atoms with van der Waals surface area (Å²) in [5, 5.41) is 13.6. The van der Waals surface area contributed by atoms with Crippen LogP contribution in [0.25, 0.3) is 10.9 Å². The van der Waals surface area contributed by atoms with Crippen molar-refractivity contribution in [2.75, 3.05) is 6.61 Å². The molecule has 120 valence electrons. The molecule has 2 rings (SSSR count). The first-order valence-electron chi connectivity index (χ1n) is 8.03. The Morgan fingerprint density at radius 2 is 2.05 bits per heavy atom. The van der Waals surface area contributed by atoms with Crippen LogP contribution in [0.1, 0.15) is 32.8 Å². The number of hydrogen-bond acceptors (Lipinski definition) is 2. The number of aliphatic hydroxyl groups excluding tert-OH is 1. The molecule has 0 aliphatic rings. The van der Waals surface area contributed by atoms with E-state index in [2.05, 4.69) is 23.3 Å². The first-order valence-corrected chi connectivity index (χ1v) is 8.03. The van der Waals surface area contributed by atoms with E-state index in [1.54, 1.807) is 0 Å². The molecule has 2 aromatic rings. The molecular formula is C18H26N2O2. The number of nitrogens with one attached hydrogen (secondary N) is 2. The van der Waals surface area contributed by atoms with Gasteiger partial charge in [-0.1, -0.05) is 45.4 Å². The van der Waals surface area contributed by atoms with Crippen molar-refractivity contribution >= 4 is 16.8 Å². The van der Waals surface area contributed by atoms with Gasteiger partial charge in [0.05, 0.1) is 12.6 Å². The molecule has 1 heterocycles. The zero-order valence-corrected chi connectivity index (χ0v) is 13.6. The van der Waals surface area contributed by atoms with E-state index >= 15 is 0 Å². The smallest absolute Gasteiger partial charge is 0.223 e. The third-order valence-electron chi connectivity index (χ3n) is 4.50. The van der Waals surface area contributed by atoms with Crippen LogP contribution in [0, 0.1) is 11.8 Å². The number of aromatic nitrogens is 1. The van der Waals surface area contributed by atoms with Crippen molar-refractivity contribution in [3.63, 3.8) is 0 Å². The van der Waals surface area contributed by atoms with Gasteiger partial charge in [-0.2, -0.15) is 0 Å². The SMILES string of the molecule is CCC(C)C(CO)NC(=O)C(C)Cc1c[nH]c2ccccc12. The Morgan fingerprint density at radius 3 is 2.73 bits per heavy atom. The maximum Gasteiger partial charge on any atom is 0.223 e. The maximum atomic E-state index is 12.4. The number of carbonyl (C=O) groups is 1. The van der Waals surface area contributed by atoms with Crippen molar-refractivity contribution in [1.29, 1.82) is 0 Å². The fourth-order valence-electron chi connectivity index (χ4n) is 2.70. The Morgan fingerprint density at radius 1 is 1.32 bits per heavy atom. The van der Waals surface area contributed by atoms with Gasteiger partial charge in [0, 0.05) is 23.0 Å². The molecule has 0 fully saturated rings. The molecule has 1 aromatic heterocycles. The topological polar surface area (TPSA) is 65.1 Å². The number of amides is 1. The first-order chi connectivity index (χ1) is 10.6. The lowest BCUT2D eigenvalue weighted by Crippen LogP contribution is -2.44. The van der Waals surface area contributed by atoms with Gasteiger partial charge in [-0.3, -0.25) is 4.79 Å². The second-order valence-electron chi connectivity index (χ2n) is 6.15. The predicted octanol–water partition coefficient (Wildman–Crippen LogP) is 2.87. The van der Waals surface area contributed by atoms with Crippen LogP contribution in [0.3, 0.4) is 0 Å². The van der Waals surface area contributed by atoms with Crippen LogP contribution >= 0.6 is 0 Å². The Balaban J connectivity index is 2.02. The van der Waals surface area contributed by atoms with E-state index in [-0.39, 0.29) is 30.4 Å². The molecule has 0 saturated heterocycles. The average Bonchev–Trinajstić information content (AvgIpc) is 2.94. The van der Waals surface area contributed by atoms with E-state index in [1.165, 1.54) is 5.39 Å². The van der Waals surface area contributed by atoms with E-state index in [9.17, 15) is 9.90 Å². The van der Waals surface area contributed by atoms with Crippen LogP contribution in [0.4, 0.5) is 0 Å². The molecule has 0 radical (unpaired) electrons. The summed E-state index contributed by atoms with van der Waals surface area (Å²) in [6, 6.07) is 7.95. The van der Waals surface area contributed by atoms with Gasteiger partial charge in [0.15, 0.2) is 0 Å². The van der Waals surface area contributed by atoms with Crippen LogP contribution < -0.4 is 5.32 Å². The lowest BCUT2D eigenvalue weighted by Gasteiger charge is -2.24. The number of H-pyrrole nitrogens is 1. The molecule has 4 heteroatoms. The molecule has 4 nitrogen and oxygen atoms in total. The third kappa shape index (κ3) is 3.69. The Bertz CT molecular complexity index is 620. The predicted molar refractivity (Wildman–Crippen MR) is 89.6 cm³/mol. The van der Waals surface area contributed by atoms with E-state index in [0.29, 0.717) is 6.42 Å². The summed E-state index contributed by atoms with van der Waals surface area (Å²) in [6.07, 6.45) is 3.60. The van der Waals surface area contributed by atoms with Gasteiger partial charge in [0.25, 0.3) is 0 Å². The molecule has 3 atom stereocenters. The van der Waals surface area contributed by atoms with Gasteiger partial charge < -0.3 is 15.4 Å². The molecule has 0 aliphatic carbocycles. The van der Waals surface area contributed by atoms with Gasteiger partial charge in [0.1, 0.15) is 0 Å². The van der Waals surface area contributed by atoms with Crippen LogP contribution in [-0.2, 0) is 11.2 Å². The maximum absolute atomic E-state index is 12.4. The van der Waals surface area contributed by atoms with Crippen molar-refractivity contribution in [3.8, 4) is 0 Å². The number of rotatable bonds is 7. The standard InChI is InChI=1S/C18H26N2O2/c1-4-12(2)17(11-21)20-18(22)13(3)9-14-10-19-16-8-6-5-7-15(14)16/h5-8,10,12-13,17,19,21H,4,9,11H2,1-3H3,(H,20,22). The molecule has 0 saturated carbocycles. The van der Waals surface area contributed by atoms with Crippen molar-refractivity contribution in [1.82, 2.24) is 10.3 Å². The number of aliphatic hydroxyl groups is 1. The molecule has 1 aromatic carbocycles. The minimum atomic E-state index is -0.164. The molecule has 22 heavy (non-hydrogen) atoms. The van der Waals surface area contributed by atoms with Crippen LogP contribution in [0.2, 0.25) is 0 Å². The Kier molecular flexibility index (Phi) is 5.61. The minimum absolute atomic E-state index is 0.00429. The van der Waals surface area contributed by atoms with Gasteiger partial charge in [-0.15, -0.1) is 0 Å². The quantitative estimate of drug-likeness (QED) is 0.736. The van der Waals surface area contributed by atoms with Gasteiger partial charge in [-0.05, 0) is 24.0 Å². The normalized spacial score (nSPS) is 15.5. The molecule has 1 amide bonds. The van der Waals surface area contributed by atoms with Gasteiger partial charge in [-0.25, -0.2) is 0 Å². The largest absolute Gasteiger partial charge is 0.394 e. The summed E-state index contributed by atoms with van der Waals surface area (Å²) in [5.41, 5.74) is 2.25. The number of benzene rings is 1. The van der Waals surface area contributed by atoms with E-state index in [0.717, 1.165) is 17.5 Å². The van der Waals surface area contributed by atoms with Crippen LogP contribution in [-0.4, -0.2) is 28.6 Å². The Hall–Kier alpha value is -1.81. The molecule has 3 N–H and O–H groups in total. The number of fused-ring (bicyclic) bond motifs is 1. The Labute approximate surface area is 131 Å². The van der Waals surface area contributed by atoms with E-state index < -0.39 is 0 Å². The van der Waals surface area contributed by atoms with Crippen LogP contribution in [0.15, 0.2) is 30.5 Å². The zero-order valence-electron chi connectivity index (χ0n) is 13.6. The summed E-state index contributed by atoms with van der Waals surface area (Å²) in [7, 11) is 0. The lowest BCUT2D eigenvalue weighted by molar-refractivity contribution is -0.125. The second kappa shape index (κ2) is 7.45. The second-order valence-corrected chi connectivity index (χ2v) is 6.15. The minimum Gasteiger partial charge on any atom is -0.394 e. The number of aromatic amines is 1. The van der Waals surface area contributed by atoms with Crippen molar-refractivity contribution in [3.05, 3.63) is 36.0 Å². The zero-order chi connectivity index (χ0) is 16.1. The highest BCUT2D eigenvalue weighted by Gasteiger charge is 2.21. The highest BCUT2D eigenvalue weighted by atomic mass is 16.3. The highest BCUT2D eigenvalue weighted by Crippen LogP contribution is 2.21. The highest BCUT2D eigenvalue weighted by molar-refractivity contribution is 5.84. The number of carbonyl (C=O) groups excluding carboxylic acids is 1. The van der Waals surface area contributed by atoms with Crippen molar-refractivity contribution in [2.45, 2.75) is 39.7 Å². The molecule has 0 spiro atoms. The monoisotopic (exact) mass is 302 g/mol. The average molecular weight is 302 g/mol. The van der Waals surface area contributed by atoms with Gasteiger partial charge >= 0.3 is 0 Å². The summed E-state index contributed by atoms with van der Waals surface area (Å²) < 4.78 is 0. The van der Waals surface area contributed by atoms with Crippen molar-refractivity contribution in [2.24, 2.45) is 11.8 Å². The molecule has 3 unspecified atom stereocenters.